The van der Waals surface area contributed by atoms with Crippen LogP contribution in [0.25, 0.3) is 0 Å². The number of hydrogen-bond donors (Lipinski definition) is 3. The van der Waals surface area contributed by atoms with Crippen molar-refractivity contribution in [2.24, 2.45) is 5.92 Å². The van der Waals surface area contributed by atoms with Gasteiger partial charge in [0.2, 0.25) is 0 Å². The Morgan fingerprint density at radius 3 is 2.59 bits per heavy atom. The molecule has 2 atom stereocenters. The van der Waals surface area contributed by atoms with Crippen molar-refractivity contribution in [3.63, 3.8) is 0 Å². The van der Waals surface area contributed by atoms with Gasteiger partial charge in [0.05, 0.1) is 12.2 Å². The summed E-state index contributed by atoms with van der Waals surface area (Å²) in [6, 6.07) is 11.4. The number of piperidine rings is 1. The Hall–Kier alpha value is -2.29. The van der Waals surface area contributed by atoms with Gasteiger partial charge in [0.1, 0.15) is 0 Å². The van der Waals surface area contributed by atoms with Gasteiger partial charge >= 0.3 is 6.18 Å². The van der Waals surface area contributed by atoms with E-state index in [4.69, 9.17) is 4.74 Å². The third kappa shape index (κ3) is 5.03. The molecule has 0 aromatic heterocycles. The molecule has 2 aromatic carbocycles. The predicted octanol–water partition coefficient (Wildman–Crippen LogP) is 4.28. The van der Waals surface area contributed by atoms with E-state index in [9.17, 15) is 18.3 Å². The molecular weight excluding hydrogens is 419 g/mol. The van der Waals surface area contributed by atoms with Crippen molar-refractivity contribution in [1.29, 1.82) is 0 Å². The molecule has 2 aliphatic heterocycles. The Kier molecular flexibility index (Phi) is 6.93. The molecule has 2 unspecified atom stereocenters. The van der Waals surface area contributed by atoms with Crippen LogP contribution in [0.3, 0.4) is 0 Å². The van der Waals surface area contributed by atoms with Gasteiger partial charge in [-0.25, -0.2) is 0 Å². The molecule has 174 valence electrons. The highest BCUT2D eigenvalue weighted by molar-refractivity contribution is 5.45. The molecule has 2 heterocycles. The Bertz CT molecular complexity index is 914. The summed E-state index contributed by atoms with van der Waals surface area (Å²) in [6.45, 7) is 5.39. The number of aromatic hydroxyl groups is 1. The van der Waals surface area contributed by atoms with Crippen LogP contribution >= 0.6 is 0 Å². The SMILES string of the molecule is CCOc1cccc(CN2CCC(C3NNCC3c3cccc(C(F)(F)F)c3)CC2)c1O. The first-order valence-electron chi connectivity index (χ1n) is 11.2. The fourth-order valence-electron chi connectivity index (χ4n) is 4.91. The molecule has 2 aromatic rings. The lowest BCUT2D eigenvalue weighted by molar-refractivity contribution is -0.137. The van der Waals surface area contributed by atoms with E-state index < -0.39 is 11.7 Å². The van der Waals surface area contributed by atoms with Gasteiger partial charge < -0.3 is 9.84 Å². The van der Waals surface area contributed by atoms with Crippen LogP contribution in [0.5, 0.6) is 11.5 Å². The van der Waals surface area contributed by atoms with Gasteiger partial charge in [0, 0.05) is 30.6 Å². The van der Waals surface area contributed by atoms with E-state index in [0.29, 0.717) is 31.4 Å². The third-order valence-corrected chi connectivity index (χ3v) is 6.58. The molecule has 5 nitrogen and oxygen atoms in total. The summed E-state index contributed by atoms with van der Waals surface area (Å²) in [5.74, 6) is 1.07. The van der Waals surface area contributed by atoms with E-state index in [1.54, 1.807) is 12.1 Å². The maximum atomic E-state index is 13.2. The quantitative estimate of drug-likeness (QED) is 0.615. The van der Waals surface area contributed by atoms with Crippen molar-refractivity contribution in [2.75, 3.05) is 26.2 Å². The fraction of sp³-hybridized carbons (Fsp3) is 0.500. The van der Waals surface area contributed by atoms with E-state index in [1.807, 2.05) is 19.1 Å². The van der Waals surface area contributed by atoms with Crippen LogP contribution in [0.15, 0.2) is 42.5 Å². The van der Waals surface area contributed by atoms with Crippen LogP contribution in [0.4, 0.5) is 13.2 Å². The van der Waals surface area contributed by atoms with Crippen molar-refractivity contribution in [2.45, 2.75) is 44.4 Å². The maximum absolute atomic E-state index is 13.2. The average molecular weight is 450 g/mol. The minimum absolute atomic E-state index is 0.000712. The minimum Gasteiger partial charge on any atom is -0.504 e. The first-order chi connectivity index (χ1) is 15.4. The van der Waals surface area contributed by atoms with Gasteiger partial charge in [-0.15, -0.1) is 0 Å². The van der Waals surface area contributed by atoms with E-state index in [-0.39, 0.29) is 17.7 Å². The second-order valence-corrected chi connectivity index (χ2v) is 8.59. The summed E-state index contributed by atoms with van der Waals surface area (Å²) >= 11 is 0. The lowest BCUT2D eigenvalue weighted by atomic mass is 9.80. The molecule has 0 aliphatic carbocycles. The summed E-state index contributed by atoms with van der Waals surface area (Å²) in [6.07, 6.45) is -2.44. The molecule has 2 saturated heterocycles. The van der Waals surface area contributed by atoms with Gasteiger partial charge in [-0.1, -0.05) is 30.3 Å². The number of hydrogen-bond acceptors (Lipinski definition) is 5. The van der Waals surface area contributed by atoms with Crippen LogP contribution in [0.2, 0.25) is 0 Å². The molecule has 2 fully saturated rings. The number of phenols is 1. The zero-order valence-electron chi connectivity index (χ0n) is 18.2. The number of rotatable bonds is 6. The number of benzene rings is 2. The zero-order valence-corrected chi connectivity index (χ0v) is 18.2. The Labute approximate surface area is 186 Å². The lowest BCUT2D eigenvalue weighted by Gasteiger charge is -2.36. The van der Waals surface area contributed by atoms with Gasteiger partial charge in [0.15, 0.2) is 11.5 Å². The predicted molar refractivity (Wildman–Crippen MR) is 116 cm³/mol. The number of para-hydroxylation sites is 1. The van der Waals surface area contributed by atoms with Crippen molar-refractivity contribution >= 4 is 0 Å². The molecule has 4 rings (SSSR count). The molecule has 2 aliphatic rings. The molecule has 0 bridgehead atoms. The smallest absolute Gasteiger partial charge is 0.416 e. The van der Waals surface area contributed by atoms with Crippen LogP contribution in [0.1, 0.15) is 42.4 Å². The van der Waals surface area contributed by atoms with Gasteiger partial charge in [-0.05, 0) is 56.5 Å². The Morgan fingerprint density at radius 2 is 1.88 bits per heavy atom. The van der Waals surface area contributed by atoms with Crippen LogP contribution in [0, 0.1) is 5.92 Å². The molecule has 3 N–H and O–H groups in total. The maximum Gasteiger partial charge on any atom is 0.416 e. The molecule has 0 saturated carbocycles. The number of likely N-dealkylation sites (tertiary alicyclic amines) is 1. The van der Waals surface area contributed by atoms with Crippen molar-refractivity contribution < 1.29 is 23.0 Å². The monoisotopic (exact) mass is 449 g/mol. The summed E-state index contributed by atoms with van der Waals surface area (Å²) in [5.41, 5.74) is 7.46. The second kappa shape index (κ2) is 9.68. The van der Waals surface area contributed by atoms with Gasteiger partial charge in [0.25, 0.3) is 0 Å². The number of ether oxygens (including phenoxy) is 1. The number of halogens is 3. The second-order valence-electron chi connectivity index (χ2n) is 8.59. The summed E-state index contributed by atoms with van der Waals surface area (Å²) < 4.78 is 45.0. The van der Waals surface area contributed by atoms with E-state index in [1.165, 1.54) is 12.1 Å². The first-order valence-corrected chi connectivity index (χ1v) is 11.2. The van der Waals surface area contributed by atoms with Crippen LogP contribution < -0.4 is 15.6 Å². The fourth-order valence-corrected chi connectivity index (χ4v) is 4.91. The summed E-state index contributed by atoms with van der Waals surface area (Å²) in [4.78, 5) is 2.31. The molecular formula is C24H30F3N3O2. The van der Waals surface area contributed by atoms with Crippen molar-refractivity contribution in [3.05, 3.63) is 59.2 Å². The number of nitrogens with zero attached hydrogens (tertiary/aromatic N) is 1. The van der Waals surface area contributed by atoms with Crippen LogP contribution in [-0.2, 0) is 12.7 Å². The number of phenolic OH excluding ortho intramolecular Hbond substituents is 1. The highest BCUT2D eigenvalue weighted by atomic mass is 19.4. The topological polar surface area (TPSA) is 56.8 Å². The molecule has 8 heteroatoms. The van der Waals surface area contributed by atoms with Crippen LogP contribution in [-0.4, -0.2) is 42.3 Å². The molecule has 0 spiro atoms. The van der Waals surface area contributed by atoms with Gasteiger partial charge in [-0.3, -0.25) is 15.8 Å². The Morgan fingerprint density at radius 1 is 1.12 bits per heavy atom. The first kappa shape index (κ1) is 22.9. The Balaban J connectivity index is 1.38. The molecule has 32 heavy (non-hydrogen) atoms. The van der Waals surface area contributed by atoms with E-state index >= 15 is 0 Å². The van der Waals surface area contributed by atoms with Gasteiger partial charge in [-0.2, -0.15) is 13.2 Å². The van der Waals surface area contributed by atoms with E-state index in [2.05, 4.69) is 15.8 Å². The number of alkyl halides is 3. The van der Waals surface area contributed by atoms with E-state index in [0.717, 1.165) is 43.1 Å². The standard InChI is InChI=1S/C24H30F3N3O2/c1-2-32-21-8-4-6-18(23(21)31)15-30-11-9-16(10-12-30)22-20(14-28-29-22)17-5-3-7-19(13-17)24(25,26)27/h3-8,13,16,20,22,28-29,31H,2,9-12,14-15H2,1H3. The lowest BCUT2D eigenvalue weighted by Crippen LogP contribution is -2.44. The third-order valence-electron chi connectivity index (χ3n) is 6.58. The molecule has 0 radical (unpaired) electrons. The number of hydrazine groups is 1. The minimum atomic E-state index is -4.33. The summed E-state index contributed by atoms with van der Waals surface area (Å²) in [5, 5.41) is 10.5. The van der Waals surface area contributed by atoms with Crippen molar-refractivity contribution in [3.8, 4) is 11.5 Å². The average Bonchev–Trinajstić information content (AvgIpc) is 3.27. The van der Waals surface area contributed by atoms with Crippen molar-refractivity contribution in [1.82, 2.24) is 15.8 Å². The highest BCUT2D eigenvalue weighted by Gasteiger charge is 2.38. The normalized spacial score (nSPS) is 22.9. The highest BCUT2D eigenvalue weighted by Crippen LogP contribution is 2.37. The number of nitrogens with one attached hydrogen (secondary N) is 2. The zero-order chi connectivity index (χ0) is 22.7. The summed E-state index contributed by atoms with van der Waals surface area (Å²) in [7, 11) is 0. The largest absolute Gasteiger partial charge is 0.504 e. The molecule has 0 amide bonds.